The molecule has 1 atom stereocenters. The molecule has 0 aromatic heterocycles. The highest BCUT2D eigenvalue weighted by atomic mass is 16.2. The van der Waals surface area contributed by atoms with Gasteiger partial charge in [0.15, 0.2) is 0 Å². The van der Waals surface area contributed by atoms with Gasteiger partial charge >= 0.3 is 0 Å². The normalized spacial score (nSPS) is 25.0. The number of carbonyl (C=O) groups is 2. The van der Waals surface area contributed by atoms with Crippen molar-refractivity contribution in [2.24, 2.45) is 5.92 Å². The van der Waals surface area contributed by atoms with Crippen LogP contribution in [-0.2, 0) is 29.0 Å². The Balaban J connectivity index is 1.58. The van der Waals surface area contributed by atoms with E-state index < -0.39 is 0 Å². The summed E-state index contributed by atoms with van der Waals surface area (Å²) in [5.74, 6) is 0.439. The fraction of sp³-hybridized carbons (Fsp3) is 0.529. The summed E-state index contributed by atoms with van der Waals surface area (Å²) < 4.78 is 0. The van der Waals surface area contributed by atoms with Crippen LogP contribution in [0.3, 0.4) is 0 Å². The molecule has 4 nitrogen and oxygen atoms in total. The van der Waals surface area contributed by atoms with Gasteiger partial charge in [-0.2, -0.15) is 0 Å². The molecule has 1 saturated heterocycles. The van der Waals surface area contributed by atoms with Gasteiger partial charge in [0, 0.05) is 6.54 Å². The van der Waals surface area contributed by atoms with Crippen LogP contribution >= 0.6 is 0 Å². The molecule has 0 spiro atoms. The molecular formula is C17H20N2O2. The molecule has 0 bridgehead atoms. The first-order valence-corrected chi connectivity index (χ1v) is 7.90. The Labute approximate surface area is 124 Å². The molecule has 4 heteroatoms. The van der Waals surface area contributed by atoms with Crippen molar-refractivity contribution < 1.29 is 9.59 Å². The second kappa shape index (κ2) is 4.86. The van der Waals surface area contributed by atoms with Gasteiger partial charge in [0.1, 0.15) is 6.04 Å². The van der Waals surface area contributed by atoms with Crippen LogP contribution in [0.5, 0.6) is 0 Å². The predicted molar refractivity (Wildman–Crippen MR) is 78.5 cm³/mol. The van der Waals surface area contributed by atoms with Crippen molar-refractivity contribution in [2.45, 2.75) is 44.7 Å². The summed E-state index contributed by atoms with van der Waals surface area (Å²) in [6, 6.07) is 6.29. The topological polar surface area (TPSA) is 49.4 Å². The molecule has 2 fully saturated rings. The highest BCUT2D eigenvalue weighted by molar-refractivity contribution is 5.95. The van der Waals surface area contributed by atoms with Crippen LogP contribution in [-0.4, -0.2) is 29.3 Å². The highest BCUT2D eigenvalue weighted by Gasteiger charge is 2.44. The number of carbonyl (C=O) groups excluding carboxylic acids is 2. The average Bonchev–Trinajstić information content (AvgIpc) is 3.20. The van der Waals surface area contributed by atoms with Crippen molar-refractivity contribution in [2.75, 3.05) is 6.54 Å². The number of hydrogen-bond donors (Lipinski definition) is 1. The maximum absolute atomic E-state index is 12.2. The van der Waals surface area contributed by atoms with E-state index in [2.05, 4.69) is 23.5 Å². The first kappa shape index (κ1) is 12.9. The smallest absolute Gasteiger partial charge is 0.243 e. The van der Waals surface area contributed by atoms with E-state index in [1.165, 1.54) is 24.0 Å². The summed E-state index contributed by atoms with van der Waals surface area (Å²) >= 11 is 0. The molecule has 1 N–H and O–H groups in total. The Morgan fingerprint density at radius 2 is 1.95 bits per heavy atom. The van der Waals surface area contributed by atoms with Crippen molar-refractivity contribution in [3.05, 3.63) is 34.9 Å². The molecule has 2 aliphatic carbocycles. The third-order valence-electron chi connectivity index (χ3n) is 4.92. The number of rotatable bonds is 3. The molecule has 1 heterocycles. The molecule has 1 saturated carbocycles. The maximum atomic E-state index is 12.2. The Bertz CT molecular complexity index is 607. The molecule has 21 heavy (non-hydrogen) atoms. The number of fused-ring (bicyclic) bond motifs is 1. The Hall–Kier alpha value is -1.84. The number of nitrogens with one attached hydrogen (secondary N) is 1. The van der Waals surface area contributed by atoms with Crippen molar-refractivity contribution >= 4 is 11.8 Å². The number of benzene rings is 1. The number of aryl methyl sites for hydroxylation is 2. The minimum Gasteiger partial charge on any atom is -0.345 e. The molecule has 4 rings (SSSR count). The van der Waals surface area contributed by atoms with Crippen LogP contribution in [0.25, 0.3) is 0 Å². The number of hydrogen-bond acceptors (Lipinski definition) is 2. The molecule has 1 aliphatic heterocycles. The van der Waals surface area contributed by atoms with Crippen LogP contribution in [0, 0.1) is 5.92 Å². The zero-order valence-corrected chi connectivity index (χ0v) is 12.1. The van der Waals surface area contributed by atoms with Crippen LogP contribution in [0.4, 0.5) is 0 Å². The summed E-state index contributed by atoms with van der Waals surface area (Å²) in [7, 11) is 0. The van der Waals surface area contributed by atoms with Crippen molar-refractivity contribution in [3.8, 4) is 0 Å². The Kier molecular flexibility index (Phi) is 2.98. The van der Waals surface area contributed by atoms with E-state index >= 15 is 0 Å². The summed E-state index contributed by atoms with van der Waals surface area (Å²) in [4.78, 5) is 26.1. The lowest BCUT2D eigenvalue weighted by Gasteiger charge is -2.35. The molecule has 1 aromatic rings. The lowest BCUT2D eigenvalue weighted by atomic mass is 10.0. The average molecular weight is 284 g/mol. The van der Waals surface area contributed by atoms with E-state index in [9.17, 15) is 9.59 Å². The van der Waals surface area contributed by atoms with Gasteiger partial charge in [-0.05, 0) is 54.7 Å². The lowest BCUT2D eigenvalue weighted by molar-refractivity contribution is -0.147. The summed E-state index contributed by atoms with van der Waals surface area (Å²) in [5, 5.41) is 2.73. The molecule has 2 amide bonds. The predicted octanol–water partition coefficient (Wildman–Crippen LogP) is 1.41. The minimum absolute atomic E-state index is 0.0262. The third kappa shape index (κ3) is 2.33. The van der Waals surface area contributed by atoms with Gasteiger partial charge in [0.05, 0.1) is 6.54 Å². The molecule has 0 radical (unpaired) electrons. The van der Waals surface area contributed by atoms with E-state index in [-0.39, 0.29) is 24.4 Å². The summed E-state index contributed by atoms with van der Waals surface area (Å²) in [5.41, 5.74) is 4.02. The van der Waals surface area contributed by atoms with E-state index in [4.69, 9.17) is 0 Å². The van der Waals surface area contributed by atoms with Gasteiger partial charge in [-0.3, -0.25) is 9.59 Å². The van der Waals surface area contributed by atoms with Crippen LogP contribution in [0.1, 0.15) is 36.0 Å². The zero-order valence-electron chi connectivity index (χ0n) is 12.1. The van der Waals surface area contributed by atoms with Gasteiger partial charge < -0.3 is 10.2 Å². The van der Waals surface area contributed by atoms with Gasteiger partial charge in [-0.1, -0.05) is 18.2 Å². The monoisotopic (exact) mass is 284 g/mol. The highest BCUT2D eigenvalue weighted by Crippen LogP contribution is 2.37. The van der Waals surface area contributed by atoms with Gasteiger partial charge in [-0.25, -0.2) is 0 Å². The van der Waals surface area contributed by atoms with Crippen molar-refractivity contribution in [1.29, 1.82) is 0 Å². The summed E-state index contributed by atoms with van der Waals surface area (Å²) in [6.07, 6.45) is 5.67. The fourth-order valence-electron chi connectivity index (χ4n) is 3.65. The molecule has 3 aliphatic rings. The quantitative estimate of drug-likeness (QED) is 0.912. The standard InChI is InChI=1S/C17H20N2O2/c20-15-9-18-17(21)16(13-6-7-13)19(15)10-11-4-5-12-2-1-3-14(12)8-11/h4-5,8,13,16H,1-3,6-7,9-10H2,(H,18,21). The molecule has 1 unspecified atom stereocenters. The van der Waals surface area contributed by atoms with Gasteiger partial charge in [-0.15, -0.1) is 0 Å². The maximum Gasteiger partial charge on any atom is 0.243 e. The summed E-state index contributed by atoms with van der Waals surface area (Å²) in [6.45, 7) is 0.716. The van der Waals surface area contributed by atoms with E-state index in [0.29, 0.717) is 12.5 Å². The number of piperazine rings is 1. The minimum atomic E-state index is -0.250. The Morgan fingerprint density at radius 3 is 2.76 bits per heavy atom. The second-order valence-corrected chi connectivity index (χ2v) is 6.48. The second-order valence-electron chi connectivity index (χ2n) is 6.48. The molecule has 1 aromatic carbocycles. The zero-order chi connectivity index (χ0) is 14.4. The Morgan fingerprint density at radius 1 is 1.14 bits per heavy atom. The van der Waals surface area contributed by atoms with Gasteiger partial charge in [0.25, 0.3) is 0 Å². The van der Waals surface area contributed by atoms with Crippen LogP contribution < -0.4 is 5.32 Å². The van der Waals surface area contributed by atoms with Crippen LogP contribution in [0.15, 0.2) is 18.2 Å². The molecular weight excluding hydrogens is 264 g/mol. The number of amides is 2. The van der Waals surface area contributed by atoms with Crippen LogP contribution in [0.2, 0.25) is 0 Å². The first-order valence-electron chi connectivity index (χ1n) is 7.90. The largest absolute Gasteiger partial charge is 0.345 e. The SMILES string of the molecule is O=C1NCC(=O)N(Cc2ccc3c(c2)CCC3)C1C1CC1. The van der Waals surface area contributed by atoms with Crippen molar-refractivity contribution in [1.82, 2.24) is 10.2 Å². The van der Waals surface area contributed by atoms with E-state index in [1.54, 1.807) is 4.90 Å². The van der Waals surface area contributed by atoms with E-state index in [0.717, 1.165) is 24.8 Å². The first-order chi connectivity index (χ1) is 10.2. The third-order valence-corrected chi connectivity index (χ3v) is 4.92. The lowest BCUT2D eigenvalue weighted by Crippen LogP contribution is -2.58. The number of nitrogens with zero attached hydrogens (tertiary/aromatic N) is 1. The van der Waals surface area contributed by atoms with E-state index in [1.807, 2.05) is 0 Å². The van der Waals surface area contributed by atoms with Crippen molar-refractivity contribution in [3.63, 3.8) is 0 Å². The molecule has 110 valence electrons. The fourth-order valence-corrected chi connectivity index (χ4v) is 3.65. The van der Waals surface area contributed by atoms with Gasteiger partial charge in [0.2, 0.25) is 11.8 Å².